The first-order chi connectivity index (χ1) is 12.9. The summed E-state index contributed by atoms with van der Waals surface area (Å²) in [5.41, 5.74) is 2.84. The number of carbonyl (C=O) groups excluding carboxylic acids is 1. The van der Waals surface area contributed by atoms with E-state index in [-0.39, 0.29) is 20.3 Å². The van der Waals surface area contributed by atoms with Crippen LogP contribution in [0.1, 0.15) is 13.8 Å². The number of nitrogens with zero attached hydrogens (tertiary/aromatic N) is 1. The molecule has 2 aromatic rings. The van der Waals surface area contributed by atoms with Crippen molar-refractivity contribution in [3.05, 3.63) is 48.5 Å². The van der Waals surface area contributed by atoms with Gasteiger partial charge >= 0.3 is 189 Å². The number of aromatic hydroxyl groups is 1. The van der Waals surface area contributed by atoms with E-state index in [4.69, 9.17) is 4.99 Å². The number of aliphatic imine (C=N–C) groups is 1. The molecule has 0 fully saturated rings. The summed E-state index contributed by atoms with van der Waals surface area (Å²) in [6.45, 7) is 4.43. The maximum atomic E-state index is 12.2. The van der Waals surface area contributed by atoms with Gasteiger partial charge < -0.3 is 0 Å². The molecular weight excluding hydrogens is 600 g/mol. The number of ketones is 1. The summed E-state index contributed by atoms with van der Waals surface area (Å²) in [7, 11) is -2.21. The Balaban J connectivity index is 2.11. The van der Waals surface area contributed by atoms with Crippen molar-refractivity contribution < 1.29 is 9.90 Å². The Bertz CT molecular complexity index is 1050. The molecule has 138 valence electrons. The van der Waals surface area contributed by atoms with E-state index in [2.05, 4.69) is 58.4 Å². The van der Waals surface area contributed by atoms with E-state index >= 15 is 0 Å². The summed E-state index contributed by atoms with van der Waals surface area (Å²) in [5, 5.41) is 13.2. The average Bonchev–Trinajstić information content (AvgIpc) is 2.99. The van der Waals surface area contributed by atoms with Gasteiger partial charge in [0.15, 0.2) is 0 Å². The topological polar surface area (TPSA) is 49.7 Å². The Morgan fingerprint density at radius 2 is 2.00 bits per heavy atom. The van der Waals surface area contributed by atoms with Crippen LogP contribution in [0.4, 0.5) is 5.69 Å². The summed E-state index contributed by atoms with van der Waals surface area (Å²) in [4.78, 5) is 17.1. The van der Waals surface area contributed by atoms with E-state index in [1.54, 1.807) is 18.2 Å². The number of halogens is 2. The number of benzene rings is 1. The number of allylic oxidation sites excluding steroid dienone is 4. The number of fused-ring (bicyclic) bond motifs is 2. The Labute approximate surface area is 187 Å². The first-order valence-corrected chi connectivity index (χ1v) is 14.8. The van der Waals surface area contributed by atoms with Gasteiger partial charge in [-0.15, -0.1) is 0 Å². The Hall–Kier alpha value is -0.734. The number of rotatable bonds is 3. The molecule has 3 nitrogen and oxygen atoms in total. The molecule has 1 aromatic carbocycles. The molecule has 0 bridgehead atoms. The predicted molar refractivity (Wildman–Crippen MR) is 127 cm³/mol. The van der Waals surface area contributed by atoms with Gasteiger partial charge in [-0.2, -0.15) is 0 Å². The maximum absolute atomic E-state index is 12.2. The van der Waals surface area contributed by atoms with Gasteiger partial charge in [-0.25, -0.2) is 0 Å². The van der Waals surface area contributed by atoms with E-state index in [9.17, 15) is 9.90 Å². The van der Waals surface area contributed by atoms with Gasteiger partial charge in [0.05, 0.1) is 0 Å². The van der Waals surface area contributed by atoms with Gasteiger partial charge in [0, 0.05) is 0 Å². The van der Waals surface area contributed by atoms with E-state index in [0.29, 0.717) is 5.75 Å². The van der Waals surface area contributed by atoms with Crippen LogP contribution in [0, 0.1) is 2.44 Å². The van der Waals surface area contributed by atoms with Crippen molar-refractivity contribution in [3.63, 3.8) is 0 Å². The van der Waals surface area contributed by atoms with E-state index in [1.165, 1.54) is 12.1 Å². The second-order valence-corrected chi connectivity index (χ2v) is 17.1. The molecule has 2 aliphatic rings. The molecule has 4 rings (SSSR count). The second kappa shape index (κ2) is 7.26. The van der Waals surface area contributed by atoms with Crippen molar-refractivity contribution >= 4 is 83.5 Å². The van der Waals surface area contributed by atoms with Crippen molar-refractivity contribution in [2.45, 2.75) is 25.9 Å². The molecule has 1 N–H and O–H groups in total. The molecular formula is C20H17BrINO2SeSi. The van der Waals surface area contributed by atoms with Gasteiger partial charge in [0.2, 0.25) is 0 Å². The van der Waals surface area contributed by atoms with Crippen LogP contribution in [0.3, 0.4) is 0 Å². The van der Waals surface area contributed by atoms with Crippen molar-refractivity contribution in [1.29, 1.82) is 0 Å². The van der Waals surface area contributed by atoms with Crippen LogP contribution in [-0.2, 0) is 4.79 Å². The average molecular weight is 617 g/mol. The SMILES string of the molecule is CC[Si]1(CC)C2=CC(=O)C=CC2=Nc2ccc(O)c(-c3cc(Br)c(I)[se]3)c21. The minimum atomic E-state index is -2.21. The molecule has 1 aliphatic carbocycles. The Morgan fingerprint density at radius 3 is 2.63 bits per heavy atom. The third-order valence-electron chi connectivity index (χ3n) is 5.46. The zero-order valence-corrected chi connectivity index (χ0v) is 21.3. The number of hydrogen-bond donors (Lipinski definition) is 1. The molecule has 0 saturated heterocycles. The first kappa shape index (κ1) is 19.6. The van der Waals surface area contributed by atoms with Crippen LogP contribution in [0.15, 0.2) is 51.1 Å². The van der Waals surface area contributed by atoms with Gasteiger partial charge in [0.1, 0.15) is 0 Å². The predicted octanol–water partition coefficient (Wildman–Crippen LogP) is 4.87. The van der Waals surface area contributed by atoms with E-state index in [1.807, 2.05) is 12.1 Å². The summed E-state index contributed by atoms with van der Waals surface area (Å²) in [6, 6.07) is 7.80. The van der Waals surface area contributed by atoms with E-state index in [0.717, 1.165) is 38.7 Å². The summed E-state index contributed by atoms with van der Waals surface area (Å²) in [6.07, 6.45) is 5.26. The van der Waals surface area contributed by atoms with Crippen molar-refractivity contribution in [2.75, 3.05) is 0 Å². The van der Waals surface area contributed by atoms with Gasteiger partial charge in [0.25, 0.3) is 0 Å². The fourth-order valence-corrected chi connectivity index (χ4v) is 13.1. The number of hydrogen-bond acceptors (Lipinski definition) is 3. The number of phenols is 1. The van der Waals surface area contributed by atoms with Gasteiger partial charge in [-0.05, 0) is 0 Å². The van der Waals surface area contributed by atoms with Crippen LogP contribution in [0.5, 0.6) is 5.75 Å². The molecule has 0 amide bonds. The zero-order valence-electron chi connectivity index (χ0n) is 14.8. The Morgan fingerprint density at radius 1 is 1.26 bits per heavy atom. The third kappa shape index (κ3) is 3.02. The fraction of sp³-hybridized carbons (Fsp3) is 0.200. The quantitative estimate of drug-likeness (QED) is 0.304. The van der Waals surface area contributed by atoms with Crippen LogP contribution in [0.2, 0.25) is 12.1 Å². The molecule has 0 unspecified atom stereocenters. The Kier molecular flexibility index (Phi) is 5.26. The fourth-order valence-electron chi connectivity index (χ4n) is 4.12. The normalized spacial score (nSPS) is 17.3. The molecule has 27 heavy (non-hydrogen) atoms. The minimum absolute atomic E-state index is 0.0381. The number of carbonyl (C=O) groups is 1. The number of phenolic OH excluding ortho intramolecular Hbond substituents is 1. The molecule has 1 aromatic heterocycles. The molecule has 7 heteroatoms. The molecule has 1 aliphatic heterocycles. The molecule has 0 saturated carbocycles. The van der Waals surface area contributed by atoms with Crippen LogP contribution in [-0.4, -0.2) is 39.2 Å². The molecule has 0 atom stereocenters. The van der Waals surface area contributed by atoms with Crippen LogP contribution < -0.4 is 5.19 Å². The summed E-state index contributed by atoms with van der Waals surface area (Å²) >= 11 is 6.17. The molecule has 0 radical (unpaired) electrons. The molecule has 0 spiro atoms. The van der Waals surface area contributed by atoms with Crippen molar-refractivity contribution in [1.82, 2.24) is 0 Å². The summed E-state index contributed by atoms with van der Waals surface area (Å²) < 4.78 is 3.58. The second-order valence-electron chi connectivity index (χ2n) is 6.67. The monoisotopic (exact) mass is 617 g/mol. The van der Waals surface area contributed by atoms with E-state index < -0.39 is 8.07 Å². The third-order valence-corrected chi connectivity index (χ3v) is 16.4. The summed E-state index contributed by atoms with van der Waals surface area (Å²) in [5.74, 6) is 0.361. The van der Waals surface area contributed by atoms with Crippen molar-refractivity contribution in [3.8, 4) is 15.8 Å². The molecule has 2 heterocycles. The van der Waals surface area contributed by atoms with Crippen LogP contribution >= 0.6 is 38.5 Å². The van der Waals surface area contributed by atoms with Gasteiger partial charge in [-0.3, -0.25) is 0 Å². The van der Waals surface area contributed by atoms with Gasteiger partial charge in [-0.1, -0.05) is 0 Å². The standard InChI is InChI=1S/C20H17BrINO2SeSi/c1-3-27(4-2)17-9-11(24)5-6-13(17)23-14-7-8-15(25)18(19(14)27)16-10-12(21)20(22)26-16/h5-10,25H,3-4H2,1-2H3. The van der Waals surface area contributed by atoms with Crippen LogP contribution in [0.25, 0.3) is 10.0 Å². The first-order valence-electron chi connectivity index (χ1n) is 8.76. The van der Waals surface area contributed by atoms with Crippen molar-refractivity contribution in [2.24, 2.45) is 4.99 Å². The zero-order chi connectivity index (χ0) is 19.3.